The molecule has 164 valence electrons. The fourth-order valence-electron chi connectivity index (χ4n) is 3.80. The van der Waals surface area contributed by atoms with Gasteiger partial charge in [-0.05, 0) is 29.8 Å². The number of fused-ring (bicyclic) bond motifs is 1. The maximum absolute atomic E-state index is 11.8. The summed E-state index contributed by atoms with van der Waals surface area (Å²) < 4.78 is 11.9. The Hall–Kier alpha value is -3.87. The maximum atomic E-state index is 11.8. The summed E-state index contributed by atoms with van der Waals surface area (Å²) in [5.74, 6) is 1.88. The van der Waals surface area contributed by atoms with Crippen molar-refractivity contribution in [3.05, 3.63) is 67.5 Å². The number of hydrogen-bond acceptors (Lipinski definition) is 6. The molecule has 1 saturated heterocycles. The van der Waals surface area contributed by atoms with Crippen LogP contribution in [0, 0.1) is 0 Å². The van der Waals surface area contributed by atoms with Crippen LogP contribution in [0.4, 0.5) is 11.5 Å². The fraction of sp³-hybridized carbons (Fsp3) is 0.240. The van der Waals surface area contributed by atoms with Crippen molar-refractivity contribution in [2.75, 3.05) is 25.5 Å². The van der Waals surface area contributed by atoms with E-state index in [2.05, 4.69) is 28.4 Å². The first-order valence-corrected chi connectivity index (χ1v) is 10.5. The summed E-state index contributed by atoms with van der Waals surface area (Å²) >= 11 is 0. The Bertz CT molecular complexity index is 1150. The minimum absolute atomic E-state index is 0.0134. The Morgan fingerprint density at radius 2 is 1.97 bits per heavy atom. The Kier molecular flexibility index (Phi) is 6.35. The van der Waals surface area contributed by atoms with Gasteiger partial charge >= 0.3 is 0 Å². The number of carbonyl (C=O) groups is 1. The third-order valence-corrected chi connectivity index (χ3v) is 5.53. The molecule has 1 aromatic heterocycles. The van der Waals surface area contributed by atoms with E-state index in [1.165, 1.54) is 12.4 Å². The molecule has 0 radical (unpaired) electrons. The van der Waals surface area contributed by atoms with E-state index < -0.39 is 0 Å². The number of nitrogens with zero attached hydrogens (tertiary/aromatic N) is 3. The summed E-state index contributed by atoms with van der Waals surface area (Å²) in [5.41, 5.74) is 2.67. The van der Waals surface area contributed by atoms with E-state index in [9.17, 15) is 4.79 Å². The third-order valence-electron chi connectivity index (χ3n) is 5.53. The Morgan fingerprint density at radius 1 is 1.16 bits per heavy atom. The minimum Gasteiger partial charge on any atom is -0.493 e. The number of carbonyl (C=O) groups excluding carboxylic acids is 1. The van der Waals surface area contributed by atoms with E-state index in [1.807, 2.05) is 36.4 Å². The lowest BCUT2D eigenvalue weighted by Gasteiger charge is -2.31. The van der Waals surface area contributed by atoms with E-state index in [4.69, 9.17) is 9.47 Å². The predicted molar refractivity (Wildman–Crippen MR) is 126 cm³/mol. The van der Waals surface area contributed by atoms with Gasteiger partial charge in [0.25, 0.3) is 0 Å². The van der Waals surface area contributed by atoms with Crippen molar-refractivity contribution in [3.63, 3.8) is 0 Å². The summed E-state index contributed by atoms with van der Waals surface area (Å²) in [6, 6.07) is 11.7. The Morgan fingerprint density at radius 3 is 2.69 bits per heavy atom. The first-order chi connectivity index (χ1) is 15.6. The molecule has 0 saturated carbocycles. The number of piperidine rings is 1. The minimum atomic E-state index is -0.0416. The zero-order valence-electron chi connectivity index (χ0n) is 18.1. The second-order valence-corrected chi connectivity index (χ2v) is 7.54. The standard InChI is InChI=1S/C25H26N4O3/c1-4-17-7-6-8-18(13-17)28-25-20-14-23(22(31-3)15-21(20)26-16-27-25)32-19-9-11-29(12-10-19)24(30)5-2/h4-8,13-16,19H,1-2,9-12H2,3H3,(H,26,27,28). The van der Waals surface area contributed by atoms with Crippen molar-refractivity contribution in [2.45, 2.75) is 18.9 Å². The predicted octanol–water partition coefficient (Wildman–Crippen LogP) is 4.58. The van der Waals surface area contributed by atoms with Crippen molar-refractivity contribution in [1.29, 1.82) is 0 Å². The molecule has 32 heavy (non-hydrogen) atoms. The number of anilines is 2. The summed E-state index contributed by atoms with van der Waals surface area (Å²) in [6.07, 6.45) is 6.15. The number of likely N-dealkylation sites (tertiary alicyclic amines) is 1. The van der Waals surface area contributed by atoms with E-state index in [1.54, 1.807) is 18.1 Å². The highest BCUT2D eigenvalue weighted by Crippen LogP contribution is 2.36. The Balaban J connectivity index is 1.60. The van der Waals surface area contributed by atoms with Gasteiger partial charge < -0.3 is 19.7 Å². The van der Waals surface area contributed by atoms with Crippen LogP contribution in [0.2, 0.25) is 0 Å². The van der Waals surface area contributed by atoms with Crippen LogP contribution in [0.5, 0.6) is 11.5 Å². The van der Waals surface area contributed by atoms with Crippen LogP contribution in [0.3, 0.4) is 0 Å². The number of hydrogen-bond donors (Lipinski definition) is 1. The average molecular weight is 431 g/mol. The van der Waals surface area contributed by atoms with Gasteiger partial charge in [0.1, 0.15) is 18.2 Å². The molecule has 1 aliphatic rings. The van der Waals surface area contributed by atoms with Crippen molar-refractivity contribution >= 4 is 34.4 Å². The smallest absolute Gasteiger partial charge is 0.245 e. The molecule has 1 N–H and O–H groups in total. The second kappa shape index (κ2) is 9.51. The largest absolute Gasteiger partial charge is 0.493 e. The van der Waals surface area contributed by atoms with Crippen LogP contribution >= 0.6 is 0 Å². The third kappa shape index (κ3) is 4.56. The number of nitrogens with one attached hydrogen (secondary N) is 1. The van der Waals surface area contributed by atoms with Crippen LogP contribution < -0.4 is 14.8 Å². The summed E-state index contributed by atoms with van der Waals surface area (Å²) in [4.78, 5) is 22.5. The molecule has 4 rings (SSSR count). The lowest BCUT2D eigenvalue weighted by molar-refractivity contribution is -0.127. The normalized spacial score (nSPS) is 14.1. The van der Waals surface area contributed by atoms with Gasteiger partial charge in [-0.3, -0.25) is 4.79 Å². The number of amides is 1. The molecule has 0 aliphatic carbocycles. The summed E-state index contributed by atoms with van der Waals surface area (Å²) in [6.45, 7) is 8.66. The monoisotopic (exact) mass is 430 g/mol. The molecule has 1 fully saturated rings. The van der Waals surface area contributed by atoms with Crippen molar-refractivity contribution in [3.8, 4) is 11.5 Å². The van der Waals surface area contributed by atoms with Gasteiger partial charge in [0.05, 0.1) is 12.6 Å². The molecule has 2 aromatic carbocycles. The molecular formula is C25H26N4O3. The van der Waals surface area contributed by atoms with Crippen molar-refractivity contribution < 1.29 is 14.3 Å². The first-order valence-electron chi connectivity index (χ1n) is 10.5. The molecule has 0 spiro atoms. The second-order valence-electron chi connectivity index (χ2n) is 7.54. The molecule has 1 aliphatic heterocycles. The van der Waals surface area contributed by atoms with Gasteiger partial charge in [0.2, 0.25) is 5.91 Å². The number of ether oxygens (including phenoxy) is 2. The van der Waals surface area contributed by atoms with E-state index >= 15 is 0 Å². The molecule has 0 bridgehead atoms. The van der Waals surface area contributed by atoms with E-state index in [-0.39, 0.29) is 12.0 Å². The van der Waals surface area contributed by atoms with Gasteiger partial charge in [0, 0.05) is 43.1 Å². The maximum Gasteiger partial charge on any atom is 0.245 e. The van der Waals surface area contributed by atoms with Crippen LogP contribution in [0.1, 0.15) is 18.4 Å². The highest BCUT2D eigenvalue weighted by Gasteiger charge is 2.24. The molecule has 7 heteroatoms. The number of aromatic nitrogens is 2. The van der Waals surface area contributed by atoms with Crippen LogP contribution in [0.15, 0.2) is 62.0 Å². The lowest BCUT2D eigenvalue weighted by atomic mass is 10.1. The quantitative estimate of drug-likeness (QED) is 0.553. The fourth-order valence-corrected chi connectivity index (χ4v) is 3.80. The van der Waals surface area contributed by atoms with Gasteiger partial charge in [-0.15, -0.1) is 0 Å². The molecule has 1 amide bonds. The zero-order chi connectivity index (χ0) is 22.5. The number of methoxy groups -OCH3 is 1. The molecular weight excluding hydrogens is 404 g/mol. The van der Waals surface area contributed by atoms with Crippen LogP contribution in [0.25, 0.3) is 17.0 Å². The highest BCUT2D eigenvalue weighted by molar-refractivity contribution is 5.93. The van der Waals surface area contributed by atoms with Gasteiger partial charge in [-0.2, -0.15) is 0 Å². The van der Waals surface area contributed by atoms with Crippen LogP contribution in [-0.4, -0.2) is 47.1 Å². The lowest BCUT2D eigenvalue weighted by Crippen LogP contribution is -2.41. The molecule has 7 nitrogen and oxygen atoms in total. The topological polar surface area (TPSA) is 76.6 Å². The number of rotatable bonds is 7. The summed E-state index contributed by atoms with van der Waals surface area (Å²) in [5, 5.41) is 4.19. The van der Waals surface area contributed by atoms with Crippen LogP contribution in [-0.2, 0) is 4.79 Å². The van der Waals surface area contributed by atoms with Crippen molar-refractivity contribution in [1.82, 2.24) is 14.9 Å². The number of benzene rings is 2. The Labute approximate surface area is 187 Å². The highest BCUT2D eigenvalue weighted by atomic mass is 16.5. The molecule has 0 atom stereocenters. The average Bonchev–Trinajstić information content (AvgIpc) is 2.84. The summed E-state index contributed by atoms with van der Waals surface area (Å²) in [7, 11) is 1.61. The molecule has 2 heterocycles. The molecule has 3 aromatic rings. The molecule has 0 unspecified atom stereocenters. The first kappa shape index (κ1) is 21.4. The SMILES string of the molecule is C=CC(=O)N1CCC(Oc2cc3c(Nc4cccc(C=C)c4)ncnc3cc2OC)CC1. The van der Waals surface area contributed by atoms with E-state index in [0.717, 1.165) is 35.0 Å². The van der Waals surface area contributed by atoms with E-state index in [0.29, 0.717) is 30.4 Å². The zero-order valence-corrected chi connectivity index (χ0v) is 18.1. The van der Waals surface area contributed by atoms with Gasteiger partial charge in [0.15, 0.2) is 11.5 Å². The van der Waals surface area contributed by atoms with Gasteiger partial charge in [-0.1, -0.05) is 31.4 Å². The van der Waals surface area contributed by atoms with Gasteiger partial charge in [-0.25, -0.2) is 9.97 Å². The van der Waals surface area contributed by atoms with Crippen molar-refractivity contribution in [2.24, 2.45) is 0 Å².